The number of hydrogen-bond acceptors (Lipinski definition) is 4. The number of fused-ring (bicyclic) bond motifs is 1. The van der Waals surface area contributed by atoms with E-state index in [1.807, 2.05) is 30.3 Å². The summed E-state index contributed by atoms with van der Waals surface area (Å²) >= 11 is 0. The predicted molar refractivity (Wildman–Crippen MR) is 90.7 cm³/mol. The number of anilines is 1. The van der Waals surface area contributed by atoms with Gasteiger partial charge in [0.25, 0.3) is 5.56 Å². The SMILES string of the molecule is CCC(C)N1CNc2c(c(=O)[nH]c(=O)n2Cc2ccccc2)C1. The molecule has 1 atom stereocenters. The Morgan fingerprint density at radius 2 is 1.96 bits per heavy atom. The van der Waals surface area contributed by atoms with E-state index >= 15 is 0 Å². The maximum Gasteiger partial charge on any atom is 0.330 e. The lowest BCUT2D eigenvalue weighted by Gasteiger charge is -2.34. The summed E-state index contributed by atoms with van der Waals surface area (Å²) in [4.78, 5) is 29.1. The van der Waals surface area contributed by atoms with Crippen molar-refractivity contribution in [3.63, 3.8) is 0 Å². The molecule has 0 spiro atoms. The molecule has 0 fully saturated rings. The van der Waals surface area contributed by atoms with Gasteiger partial charge >= 0.3 is 5.69 Å². The van der Waals surface area contributed by atoms with Crippen molar-refractivity contribution in [3.8, 4) is 0 Å². The van der Waals surface area contributed by atoms with Crippen molar-refractivity contribution < 1.29 is 0 Å². The summed E-state index contributed by atoms with van der Waals surface area (Å²) in [6.07, 6.45) is 1.01. The van der Waals surface area contributed by atoms with Crippen LogP contribution in [-0.4, -0.2) is 27.2 Å². The zero-order chi connectivity index (χ0) is 16.4. The molecule has 0 saturated heterocycles. The quantitative estimate of drug-likeness (QED) is 0.899. The number of hydrogen-bond donors (Lipinski definition) is 2. The highest BCUT2D eigenvalue weighted by Gasteiger charge is 2.24. The average Bonchev–Trinajstić information content (AvgIpc) is 2.58. The van der Waals surface area contributed by atoms with Gasteiger partial charge in [0.1, 0.15) is 5.82 Å². The van der Waals surface area contributed by atoms with Crippen LogP contribution in [0.25, 0.3) is 0 Å². The van der Waals surface area contributed by atoms with Gasteiger partial charge in [-0.3, -0.25) is 19.2 Å². The van der Waals surface area contributed by atoms with Gasteiger partial charge in [0.05, 0.1) is 18.8 Å². The Labute approximate surface area is 134 Å². The summed E-state index contributed by atoms with van der Waals surface area (Å²) < 4.78 is 1.61. The molecule has 1 aliphatic heterocycles. The van der Waals surface area contributed by atoms with E-state index in [-0.39, 0.29) is 11.2 Å². The van der Waals surface area contributed by atoms with Gasteiger partial charge < -0.3 is 5.32 Å². The summed E-state index contributed by atoms with van der Waals surface area (Å²) in [6, 6.07) is 10.1. The molecule has 1 aromatic heterocycles. The van der Waals surface area contributed by atoms with Crippen LogP contribution in [0.4, 0.5) is 5.82 Å². The van der Waals surface area contributed by atoms with Crippen LogP contribution in [0.2, 0.25) is 0 Å². The van der Waals surface area contributed by atoms with Crippen molar-refractivity contribution in [1.82, 2.24) is 14.5 Å². The number of benzene rings is 1. The summed E-state index contributed by atoms with van der Waals surface area (Å²) in [5, 5.41) is 3.27. The van der Waals surface area contributed by atoms with Crippen LogP contribution in [0.15, 0.2) is 39.9 Å². The summed E-state index contributed by atoms with van der Waals surface area (Å²) in [6.45, 7) is 5.90. The number of aromatic nitrogens is 2. The minimum Gasteiger partial charge on any atom is -0.358 e. The maximum absolute atomic E-state index is 12.2. The Hall–Kier alpha value is -2.34. The summed E-state index contributed by atoms with van der Waals surface area (Å²) in [7, 11) is 0. The van der Waals surface area contributed by atoms with E-state index in [0.29, 0.717) is 37.2 Å². The molecule has 0 saturated carbocycles. The average molecular weight is 314 g/mol. The molecule has 6 nitrogen and oxygen atoms in total. The normalized spacial score (nSPS) is 15.7. The molecule has 23 heavy (non-hydrogen) atoms. The van der Waals surface area contributed by atoms with Crippen molar-refractivity contribution in [2.45, 2.75) is 39.4 Å². The fraction of sp³-hybridized carbons (Fsp3) is 0.412. The van der Waals surface area contributed by atoms with Crippen molar-refractivity contribution in [1.29, 1.82) is 0 Å². The lowest BCUT2D eigenvalue weighted by Crippen LogP contribution is -2.46. The summed E-state index contributed by atoms with van der Waals surface area (Å²) in [5.74, 6) is 0.641. The first kappa shape index (κ1) is 15.6. The van der Waals surface area contributed by atoms with E-state index in [1.54, 1.807) is 4.57 Å². The minimum absolute atomic E-state index is 0.296. The summed E-state index contributed by atoms with van der Waals surface area (Å²) in [5.41, 5.74) is 0.985. The highest BCUT2D eigenvalue weighted by molar-refractivity contribution is 5.46. The minimum atomic E-state index is -0.373. The molecule has 2 N–H and O–H groups in total. The van der Waals surface area contributed by atoms with E-state index in [9.17, 15) is 9.59 Å². The van der Waals surface area contributed by atoms with Gasteiger partial charge in [-0.25, -0.2) is 4.79 Å². The molecule has 1 unspecified atom stereocenters. The first-order valence-corrected chi connectivity index (χ1v) is 7.98. The molecule has 2 heterocycles. The fourth-order valence-electron chi connectivity index (χ4n) is 2.88. The number of H-pyrrole nitrogens is 1. The second kappa shape index (κ2) is 6.42. The first-order valence-electron chi connectivity index (χ1n) is 7.98. The van der Waals surface area contributed by atoms with Crippen LogP contribution in [0.3, 0.4) is 0 Å². The van der Waals surface area contributed by atoms with Crippen molar-refractivity contribution in [2.24, 2.45) is 0 Å². The van der Waals surface area contributed by atoms with E-state index < -0.39 is 0 Å². The monoisotopic (exact) mass is 314 g/mol. The Balaban J connectivity index is 2.00. The molecule has 2 aromatic rings. The zero-order valence-electron chi connectivity index (χ0n) is 13.5. The highest BCUT2D eigenvalue weighted by Crippen LogP contribution is 2.20. The van der Waals surface area contributed by atoms with Crippen molar-refractivity contribution in [2.75, 3.05) is 12.0 Å². The van der Waals surface area contributed by atoms with Crippen LogP contribution < -0.4 is 16.6 Å². The largest absolute Gasteiger partial charge is 0.358 e. The zero-order valence-corrected chi connectivity index (χ0v) is 13.5. The highest BCUT2D eigenvalue weighted by atomic mass is 16.2. The van der Waals surface area contributed by atoms with Gasteiger partial charge in [0.2, 0.25) is 0 Å². The van der Waals surface area contributed by atoms with Crippen molar-refractivity contribution in [3.05, 3.63) is 62.3 Å². The van der Waals surface area contributed by atoms with Gasteiger partial charge in [-0.05, 0) is 18.9 Å². The Bertz CT molecular complexity index is 794. The maximum atomic E-state index is 12.2. The van der Waals surface area contributed by atoms with Gasteiger partial charge in [-0.1, -0.05) is 37.3 Å². The smallest absolute Gasteiger partial charge is 0.330 e. The lowest BCUT2D eigenvalue weighted by atomic mass is 10.1. The Morgan fingerprint density at radius 3 is 2.65 bits per heavy atom. The first-order chi connectivity index (χ1) is 11.1. The fourth-order valence-corrected chi connectivity index (χ4v) is 2.88. The van der Waals surface area contributed by atoms with Crippen LogP contribution in [0.5, 0.6) is 0 Å². The molecule has 0 bridgehead atoms. The molecule has 0 radical (unpaired) electrons. The van der Waals surface area contributed by atoms with E-state index in [4.69, 9.17) is 0 Å². The molecular weight excluding hydrogens is 292 g/mol. The third-order valence-corrected chi connectivity index (χ3v) is 4.50. The van der Waals surface area contributed by atoms with Gasteiger partial charge in [-0.2, -0.15) is 0 Å². The number of nitrogens with zero attached hydrogens (tertiary/aromatic N) is 2. The second-order valence-corrected chi connectivity index (χ2v) is 6.00. The van der Waals surface area contributed by atoms with Crippen LogP contribution in [0.1, 0.15) is 31.4 Å². The third-order valence-electron chi connectivity index (χ3n) is 4.50. The number of nitrogens with one attached hydrogen (secondary N) is 2. The second-order valence-electron chi connectivity index (χ2n) is 6.00. The van der Waals surface area contributed by atoms with E-state index in [2.05, 4.69) is 29.0 Å². The van der Waals surface area contributed by atoms with Gasteiger partial charge in [0, 0.05) is 12.6 Å². The molecule has 6 heteroatoms. The number of rotatable bonds is 4. The molecule has 3 rings (SSSR count). The third kappa shape index (κ3) is 3.07. The molecule has 1 aliphatic rings. The van der Waals surface area contributed by atoms with Gasteiger partial charge in [0.15, 0.2) is 0 Å². The molecule has 0 amide bonds. The Kier molecular flexibility index (Phi) is 4.34. The van der Waals surface area contributed by atoms with Gasteiger partial charge in [-0.15, -0.1) is 0 Å². The predicted octanol–water partition coefficient (Wildman–Crippen LogP) is 1.57. The van der Waals surface area contributed by atoms with Crippen molar-refractivity contribution >= 4 is 5.82 Å². The molecule has 122 valence electrons. The number of aromatic amines is 1. The standard InChI is InChI=1S/C17H22N4O2/c1-3-12(2)20-10-14-15(18-11-20)21(17(23)19-16(14)22)9-13-7-5-4-6-8-13/h4-8,12,18H,3,9-11H2,1-2H3,(H,19,22,23). The lowest BCUT2D eigenvalue weighted by molar-refractivity contribution is 0.200. The van der Waals surface area contributed by atoms with E-state index in [0.717, 1.165) is 12.0 Å². The molecular formula is C17H22N4O2. The molecule has 1 aromatic carbocycles. The van der Waals surface area contributed by atoms with Crippen LogP contribution >= 0.6 is 0 Å². The topological polar surface area (TPSA) is 70.1 Å². The van der Waals surface area contributed by atoms with E-state index in [1.165, 1.54) is 0 Å². The molecule has 0 aliphatic carbocycles. The van der Waals surface area contributed by atoms with Crippen LogP contribution in [0, 0.1) is 0 Å². The van der Waals surface area contributed by atoms with Crippen LogP contribution in [-0.2, 0) is 13.1 Å². The Morgan fingerprint density at radius 1 is 1.22 bits per heavy atom.